The average Bonchev–Trinajstić information content (AvgIpc) is 2.93. The predicted molar refractivity (Wildman–Crippen MR) is 68.1 cm³/mol. The van der Waals surface area contributed by atoms with Crippen LogP contribution in [0, 0.1) is 0 Å². The number of hydrogen-bond donors (Lipinski definition) is 0. The molecule has 3 fully saturated rings. The van der Waals surface area contributed by atoms with E-state index in [-0.39, 0.29) is 35.4 Å². The Kier molecular flexibility index (Phi) is 2.85. The normalized spacial score (nSPS) is 37.8. The maximum Gasteiger partial charge on any atom is 0.246 e. The van der Waals surface area contributed by atoms with Gasteiger partial charge < -0.3 is 9.80 Å². The minimum atomic E-state index is -3.05. The molecule has 3 saturated heterocycles. The summed E-state index contributed by atoms with van der Waals surface area (Å²) in [6.45, 7) is 2.36. The Bertz CT molecular complexity index is 530. The van der Waals surface area contributed by atoms with Crippen molar-refractivity contribution in [1.82, 2.24) is 9.80 Å². The molecule has 3 heterocycles. The van der Waals surface area contributed by atoms with Gasteiger partial charge in [-0.05, 0) is 26.2 Å². The van der Waals surface area contributed by atoms with Crippen LogP contribution in [-0.2, 0) is 19.4 Å². The molecule has 0 spiro atoms. The van der Waals surface area contributed by atoms with Gasteiger partial charge in [0.1, 0.15) is 12.1 Å². The van der Waals surface area contributed by atoms with E-state index < -0.39 is 15.9 Å². The predicted octanol–water partition coefficient (Wildman–Crippen LogP) is -0.605. The third-order valence-electron chi connectivity index (χ3n) is 4.45. The maximum atomic E-state index is 12.5. The van der Waals surface area contributed by atoms with Crippen LogP contribution in [0.1, 0.15) is 26.2 Å². The Balaban J connectivity index is 1.88. The Morgan fingerprint density at radius 1 is 1.16 bits per heavy atom. The van der Waals surface area contributed by atoms with Crippen molar-refractivity contribution >= 4 is 21.7 Å². The van der Waals surface area contributed by atoms with Gasteiger partial charge in [-0.1, -0.05) is 0 Å². The number of carbonyl (C=O) groups excluding carboxylic acids is 2. The van der Waals surface area contributed by atoms with Gasteiger partial charge in [0.25, 0.3) is 0 Å². The van der Waals surface area contributed by atoms with Crippen LogP contribution < -0.4 is 0 Å². The molecular formula is C12H18N2O4S. The van der Waals surface area contributed by atoms with Crippen LogP contribution in [0.2, 0.25) is 0 Å². The van der Waals surface area contributed by atoms with Crippen molar-refractivity contribution in [1.29, 1.82) is 0 Å². The summed E-state index contributed by atoms with van der Waals surface area (Å²) in [5.74, 6) is 0.0258. The lowest BCUT2D eigenvalue weighted by molar-refractivity contribution is -0.160. The zero-order chi connectivity index (χ0) is 13.8. The van der Waals surface area contributed by atoms with E-state index in [0.29, 0.717) is 19.4 Å². The van der Waals surface area contributed by atoms with E-state index in [1.54, 1.807) is 16.7 Å². The van der Waals surface area contributed by atoms with Crippen LogP contribution in [0.5, 0.6) is 0 Å². The molecule has 0 aromatic rings. The Morgan fingerprint density at radius 3 is 2.53 bits per heavy atom. The van der Waals surface area contributed by atoms with E-state index >= 15 is 0 Å². The van der Waals surface area contributed by atoms with Gasteiger partial charge in [0.05, 0.1) is 11.5 Å². The third-order valence-corrected chi connectivity index (χ3v) is 6.20. The van der Waals surface area contributed by atoms with E-state index in [0.717, 1.165) is 6.42 Å². The van der Waals surface area contributed by atoms with Gasteiger partial charge in [0.15, 0.2) is 9.84 Å². The molecule has 3 rings (SSSR count). The molecule has 2 amide bonds. The summed E-state index contributed by atoms with van der Waals surface area (Å²) < 4.78 is 23.1. The first-order chi connectivity index (χ1) is 8.91. The van der Waals surface area contributed by atoms with Crippen LogP contribution >= 0.6 is 0 Å². The van der Waals surface area contributed by atoms with Gasteiger partial charge in [-0.25, -0.2) is 8.42 Å². The molecule has 0 aromatic heterocycles. The van der Waals surface area contributed by atoms with Crippen molar-refractivity contribution in [2.45, 2.75) is 44.3 Å². The van der Waals surface area contributed by atoms with Gasteiger partial charge in [-0.15, -0.1) is 0 Å². The van der Waals surface area contributed by atoms with Crippen LogP contribution in [-0.4, -0.2) is 66.2 Å². The second-order valence-electron chi connectivity index (χ2n) is 5.67. The molecule has 19 heavy (non-hydrogen) atoms. The van der Waals surface area contributed by atoms with E-state index in [1.165, 1.54) is 0 Å². The maximum absolute atomic E-state index is 12.5. The summed E-state index contributed by atoms with van der Waals surface area (Å²) in [6, 6.07) is -1.20. The molecule has 0 radical (unpaired) electrons. The lowest BCUT2D eigenvalue weighted by atomic mass is 10.0. The smallest absolute Gasteiger partial charge is 0.246 e. The molecule has 7 heteroatoms. The molecule has 3 aliphatic rings. The van der Waals surface area contributed by atoms with Crippen molar-refractivity contribution in [2.24, 2.45) is 0 Å². The van der Waals surface area contributed by atoms with Gasteiger partial charge >= 0.3 is 0 Å². The fourth-order valence-corrected chi connectivity index (χ4v) is 5.21. The molecule has 3 unspecified atom stereocenters. The van der Waals surface area contributed by atoms with Crippen LogP contribution in [0.25, 0.3) is 0 Å². The molecule has 0 N–H and O–H groups in total. The number of sulfone groups is 1. The summed E-state index contributed by atoms with van der Waals surface area (Å²) in [6.07, 6.45) is 2.01. The second kappa shape index (κ2) is 4.19. The minimum absolute atomic E-state index is 0.00306. The Morgan fingerprint density at radius 2 is 1.89 bits per heavy atom. The first-order valence-corrected chi connectivity index (χ1v) is 8.56. The van der Waals surface area contributed by atoms with Crippen LogP contribution in [0.4, 0.5) is 0 Å². The molecule has 0 aromatic carbocycles. The molecular weight excluding hydrogens is 268 g/mol. The number of fused-ring (bicyclic) bond motifs is 1. The van der Waals surface area contributed by atoms with Crippen LogP contribution in [0.3, 0.4) is 0 Å². The van der Waals surface area contributed by atoms with E-state index in [2.05, 4.69) is 0 Å². The van der Waals surface area contributed by atoms with E-state index in [9.17, 15) is 18.0 Å². The third kappa shape index (κ3) is 1.94. The molecule has 0 saturated carbocycles. The number of hydrogen-bond acceptors (Lipinski definition) is 4. The monoisotopic (exact) mass is 286 g/mol. The van der Waals surface area contributed by atoms with Crippen LogP contribution in [0.15, 0.2) is 0 Å². The number of rotatable bonds is 1. The highest BCUT2D eigenvalue weighted by Crippen LogP contribution is 2.30. The fraction of sp³-hybridized carbons (Fsp3) is 0.833. The molecule has 106 valence electrons. The molecule has 3 atom stereocenters. The van der Waals surface area contributed by atoms with E-state index in [1.807, 2.05) is 0 Å². The van der Waals surface area contributed by atoms with E-state index in [4.69, 9.17) is 0 Å². The summed E-state index contributed by atoms with van der Waals surface area (Å²) in [7, 11) is -3.05. The number of carbonyl (C=O) groups is 2. The molecule has 0 aliphatic carbocycles. The summed E-state index contributed by atoms with van der Waals surface area (Å²) in [5, 5.41) is 0. The highest BCUT2D eigenvalue weighted by atomic mass is 32.2. The van der Waals surface area contributed by atoms with Gasteiger partial charge in [0.2, 0.25) is 11.8 Å². The average molecular weight is 286 g/mol. The number of nitrogens with zero attached hydrogens (tertiary/aromatic N) is 2. The number of amides is 2. The van der Waals surface area contributed by atoms with Gasteiger partial charge in [-0.3, -0.25) is 9.59 Å². The summed E-state index contributed by atoms with van der Waals surface area (Å²) in [4.78, 5) is 28.0. The minimum Gasteiger partial charge on any atom is -0.329 e. The number of piperazine rings is 1. The first-order valence-electron chi connectivity index (χ1n) is 6.74. The topological polar surface area (TPSA) is 74.8 Å². The summed E-state index contributed by atoms with van der Waals surface area (Å²) >= 11 is 0. The zero-order valence-corrected chi connectivity index (χ0v) is 11.7. The standard InChI is InChI=1S/C12H18N2O4S/c1-8-11(15)13-5-2-3-10(13)12(16)14(8)9-4-6-19(17,18)7-9/h8-10H,2-7H2,1H3. The highest BCUT2D eigenvalue weighted by molar-refractivity contribution is 7.91. The Hall–Kier alpha value is -1.11. The van der Waals surface area contributed by atoms with Gasteiger partial charge in [-0.2, -0.15) is 0 Å². The zero-order valence-electron chi connectivity index (χ0n) is 10.9. The molecule has 6 nitrogen and oxygen atoms in total. The highest BCUT2D eigenvalue weighted by Gasteiger charge is 2.49. The quantitative estimate of drug-likeness (QED) is 0.645. The lowest BCUT2D eigenvalue weighted by Gasteiger charge is -2.43. The lowest BCUT2D eigenvalue weighted by Crippen LogP contribution is -2.64. The largest absolute Gasteiger partial charge is 0.329 e. The Labute approximate surface area is 112 Å². The first kappa shape index (κ1) is 12.9. The van der Waals surface area contributed by atoms with Crippen molar-refractivity contribution in [3.8, 4) is 0 Å². The van der Waals surface area contributed by atoms with Crippen molar-refractivity contribution < 1.29 is 18.0 Å². The fourth-order valence-electron chi connectivity index (χ4n) is 3.50. The molecule has 3 aliphatic heterocycles. The van der Waals surface area contributed by atoms with Crippen molar-refractivity contribution in [2.75, 3.05) is 18.1 Å². The van der Waals surface area contributed by atoms with Gasteiger partial charge in [0, 0.05) is 12.6 Å². The summed E-state index contributed by atoms with van der Waals surface area (Å²) in [5.41, 5.74) is 0. The van der Waals surface area contributed by atoms with Crippen molar-refractivity contribution in [3.05, 3.63) is 0 Å². The SMILES string of the molecule is CC1C(=O)N2CCCC2C(=O)N1C1CCS(=O)(=O)C1. The molecule has 0 bridgehead atoms. The second-order valence-corrected chi connectivity index (χ2v) is 7.90. The van der Waals surface area contributed by atoms with Crippen molar-refractivity contribution in [3.63, 3.8) is 0 Å².